The number of thioether (sulfide) groups is 1. The number of carbonyl (C=O) groups is 1. The summed E-state index contributed by atoms with van der Waals surface area (Å²) in [6.45, 7) is 0. The minimum absolute atomic E-state index is 0.126. The second-order valence-electron chi connectivity index (χ2n) is 5.67. The molecule has 0 saturated heterocycles. The Labute approximate surface area is 164 Å². The minimum atomic E-state index is -0.126. The highest BCUT2D eigenvalue weighted by Crippen LogP contribution is 2.27. The van der Waals surface area contributed by atoms with E-state index in [0.29, 0.717) is 5.56 Å². The topological polar surface area (TPSA) is 72.7 Å². The van der Waals surface area contributed by atoms with Gasteiger partial charge in [0.1, 0.15) is 6.33 Å². The number of nitrogens with zero attached hydrogens (tertiary/aromatic N) is 4. The highest BCUT2D eigenvalue weighted by Gasteiger charge is 2.12. The Hall–Kier alpha value is -2.97. The lowest BCUT2D eigenvalue weighted by Gasteiger charge is -2.10. The number of hydrogen-bond acceptors (Lipinski definition) is 6. The Morgan fingerprint density at radius 1 is 1.11 bits per heavy atom. The maximum Gasteiger partial charge on any atom is 0.256 e. The van der Waals surface area contributed by atoms with Crippen molar-refractivity contribution < 1.29 is 4.79 Å². The number of thiophene rings is 1. The SMILES string of the molecule is O=C(Nc1ccc(-n2cnnn2)cc1)c1ccccc1SCc1ccsc1. The number of tetrazole rings is 1. The van der Waals surface area contributed by atoms with Gasteiger partial charge in [-0.05, 0) is 69.2 Å². The molecular weight excluding hydrogens is 378 g/mol. The molecule has 1 amide bonds. The fourth-order valence-corrected chi connectivity index (χ4v) is 4.26. The summed E-state index contributed by atoms with van der Waals surface area (Å²) in [5.74, 6) is 0.715. The van der Waals surface area contributed by atoms with Gasteiger partial charge in [-0.15, -0.1) is 16.9 Å². The van der Waals surface area contributed by atoms with Crippen molar-refractivity contribution in [3.05, 3.63) is 82.8 Å². The standard InChI is InChI=1S/C19H15N5OS2/c25-19(21-15-5-7-16(8-6-15)24-13-20-22-23-24)17-3-1-2-4-18(17)27-12-14-9-10-26-11-14/h1-11,13H,12H2,(H,21,25). The minimum Gasteiger partial charge on any atom is -0.322 e. The summed E-state index contributed by atoms with van der Waals surface area (Å²) in [6.07, 6.45) is 1.52. The Morgan fingerprint density at radius 3 is 2.70 bits per heavy atom. The third kappa shape index (κ3) is 4.24. The van der Waals surface area contributed by atoms with Crippen molar-refractivity contribution in [3.8, 4) is 5.69 Å². The first-order chi connectivity index (χ1) is 13.3. The normalized spacial score (nSPS) is 10.7. The number of nitrogens with one attached hydrogen (secondary N) is 1. The van der Waals surface area contributed by atoms with E-state index in [2.05, 4.69) is 37.7 Å². The zero-order valence-electron chi connectivity index (χ0n) is 14.1. The monoisotopic (exact) mass is 393 g/mol. The van der Waals surface area contributed by atoms with E-state index in [1.54, 1.807) is 27.8 Å². The zero-order chi connectivity index (χ0) is 18.5. The Morgan fingerprint density at radius 2 is 1.96 bits per heavy atom. The number of benzene rings is 2. The first-order valence-electron chi connectivity index (χ1n) is 8.17. The zero-order valence-corrected chi connectivity index (χ0v) is 15.8. The summed E-state index contributed by atoms with van der Waals surface area (Å²) < 4.78 is 1.56. The molecule has 0 spiro atoms. The summed E-state index contributed by atoms with van der Waals surface area (Å²) >= 11 is 3.35. The van der Waals surface area contributed by atoms with Crippen molar-refractivity contribution in [1.29, 1.82) is 0 Å². The van der Waals surface area contributed by atoms with Gasteiger partial charge in [0.2, 0.25) is 0 Å². The van der Waals surface area contributed by atoms with Crippen LogP contribution in [0.1, 0.15) is 15.9 Å². The first-order valence-corrected chi connectivity index (χ1v) is 10.1. The molecule has 0 aliphatic rings. The average Bonchev–Trinajstić information content (AvgIpc) is 3.41. The molecule has 1 N–H and O–H groups in total. The van der Waals surface area contributed by atoms with E-state index >= 15 is 0 Å². The lowest BCUT2D eigenvalue weighted by molar-refractivity contribution is 0.102. The number of anilines is 1. The summed E-state index contributed by atoms with van der Waals surface area (Å²) in [5.41, 5.74) is 3.47. The summed E-state index contributed by atoms with van der Waals surface area (Å²) in [5, 5.41) is 18.2. The molecule has 4 rings (SSSR count). The molecule has 0 bridgehead atoms. The van der Waals surface area contributed by atoms with E-state index in [1.807, 2.05) is 48.5 Å². The molecule has 4 aromatic rings. The maximum absolute atomic E-state index is 12.7. The van der Waals surface area contributed by atoms with Crippen LogP contribution in [0, 0.1) is 0 Å². The second kappa shape index (κ2) is 8.15. The molecule has 0 saturated carbocycles. The molecule has 2 heterocycles. The number of rotatable bonds is 6. The Kier molecular flexibility index (Phi) is 5.27. The van der Waals surface area contributed by atoms with Crippen LogP contribution in [0.5, 0.6) is 0 Å². The fraction of sp³-hybridized carbons (Fsp3) is 0.0526. The highest BCUT2D eigenvalue weighted by atomic mass is 32.2. The predicted octanol–water partition coefficient (Wildman–Crippen LogP) is 4.27. The van der Waals surface area contributed by atoms with Gasteiger partial charge in [-0.1, -0.05) is 12.1 Å². The van der Waals surface area contributed by atoms with Crippen molar-refractivity contribution in [2.45, 2.75) is 10.6 Å². The van der Waals surface area contributed by atoms with E-state index < -0.39 is 0 Å². The van der Waals surface area contributed by atoms with Gasteiger partial charge in [0.25, 0.3) is 5.91 Å². The number of amides is 1. The molecule has 8 heteroatoms. The van der Waals surface area contributed by atoms with E-state index in [1.165, 1.54) is 11.9 Å². The van der Waals surface area contributed by atoms with Crippen LogP contribution in [-0.4, -0.2) is 26.1 Å². The van der Waals surface area contributed by atoms with Crippen LogP contribution in [0.25, 0.3) is 5.69 Å². The van der Waals surface area contributed by atoms with Gasteiger partial charge >= 0.3 is 0 Å². The van der Waals surface area contributed by atoms with Crippen LogP contribution >= 0.6 is 23.1 Å². The quantitative estimate of drug-likeness (QED) is 0.495. The lowest BCUT2D eigenvalue weighted by Crippen LogP contribution is -2.13. The fourth-order valence-electron chi connectivity index (χ4n) is 2.49. The van der Waals surface area contributed by atoms with Gasteiger partial charge in [-0.25, -0.2) is 4.68 Å². The molecule has 2 aromatic heterocycles. The third-order valence-corrected chi connectivity index (χ3v) is 5.72. The molecular formula is C19H15N5OS2. The molecule has 0 aliphatic carbocycles. The highest BCUT2D eigenvalue weighted by molar-refractivity contribution is 7.98. The van der Waals surface area contributed by atoms with Crippen molar-refractivity contribution in [1.82, 2.24) is 20.2 Å². The van der Waals surface area contributed by atoms with Gasteiger partial charge in [0.05, 0.1) is 11.3 Å². The third-order valence-electron chi connectivity index (χ3n) is 3.84. The van der Waals surface area contributed by atoms with Gasteiger partial charge in [0.15, 0.2) is 0 Å². The van der Waals surface area contributed by atoms with Gasteiger partial charge in [0, 0.05) is 16.3 Å². The number of aromatic nitrogens is 4. The van der Waals surface area contributed by atoms with Crippen LogP contribution in [0.3, 0.4) is 0 Å². The molecule has 0 atom stereocenters. The van der Waals surface area contributed by atoms with Crippen LogP contribution in [0.2, 0.25) is 0 Å². The van der Waals surface area contributed by atoms with Crippen LogP contribution in [0.15, 0.2) is 76.6 Å². The Bertz CT molecular complexity index is 1010. The molecule has 0 radical (unpaired) electrons. The van der Waals surface area contributed by atoms with E-state index in [9.17, 15) is 4.79 Å². The number of hydrogen-bond donors (Lipinski definition) is 1. The van der Waals surface area contributed by atoms with Crippen molar-refractivity contribution in [3.63, 3.8) is 0 Å². The van der Waals surface area contributed by atoms with Crippen molar-refractivity contribution in [2.24, 2.45) is 0 Å². The van der Waals surface area contributed by atoms with Crippen LogP contribution in [-0.2, 0) is 5.75 Å². The van der Waals surface area contributed by atoms with Crippen LogP contribution < -0.4 is 5.32 Å². The van der Waals surface area contributed by atoms with E-state index in [0.717, 1.165) is 22.0 Å². The molecule has 0 unspecified atom stereocenters. The van der Waals surface area contributed by atoms with E-state index in [-0.39, 0.29) is 5.91 Å². The van der Waals surface area contributed by atoms with Crippen molar-refractivity contribution >= 4 is 34.7 Å². The predicted molar refractivity (Wildman–Crippen MR) is 107 cm³/mol. The molecule has 0 fully saturated rings. The summed E-state index contributed by atoms with van der Waals surface area (Å²) in [4.78, 5) is 13.7. The summed E-state index contributed by atoms with van der Waals surface area (Å²) in [7, 11) is 0. The number of carbonyl (C=O) groups excluding carboxylic acids is 1. The largest absolute Gasteiger partial charge is 0.322 e. The van der Waals surface area contributed by atoms with Gasteiger partial charge in [-0.3, -0.25) is 4.79 Å². The maximum atomic E-state index is 12.7. The van der Waals surface area contributed by atoms with Crippen LogP contribution in [0.4, 0.5) is 5.69 Å². The summed E-state index contributed by atoms with van der Waals surface area (Å²) in [6, 6.07) is 17.1. The van der Waals surface area contributed by atoms with Gasteiger partial charge < -0.3 is 5.32 Å². The molecule has 134 valence electrons. The molecule has 2 aromatic carbocycles. The first kappa shape index (κ1) is 17.4. The smallest absolute Gasteiger partial charge is 0.256 e. The van der Waals surface area contributed by atoms with E-state index in [4.69, 9.17) is 0 Å². The second-order valence-corrected chi connectivity index (χ2v) is 7.47. The lowest BCUT2D eigenvalue weighted by atomic mass is 10.2. The van der Waals surface area contributed by atoms with Gasteiger partial charge in [-0.2, -0.15) is 11.3 Å². The molecule has 27 heavy (non-hydrogen) atoms. The molecule has 0 aliphatic heterocycles. The Balaban J connectivity index is 1.46. The molecule has 6 nitrogen and oxygen atoms in total. The average molecular weight is 393 g/mol. The van der Waals surface area contributed by atoms with Crippen molar-refractivity contribution in [2.75, 3.05) is 5.32 Å².